The molecular formula is C21H29N5OS. The van der Waals surface area contributed by atoms with Crippen LogP contribution in [0, 0.1) is 13.8 Å². The summed E-state index contributed by atoms with van der Waals surface area (Å²) in [5, 5.41) is 5.30. The molecule has 0 saturated carbocycles. The summed E-state index contributed by atoms with van der Waals surface area (Å²) in [5.74, 6) is -0.0861. The first kappa shape index (κ1) is 20.5. The SMILES string of the molecule is Cc1ccc2nc(N(CCCN(C)C)C(=O)c3cc(C)n(C(C)C)n3)sc2c1. The molecule has 0 unspecified atom stereocenters. The van der Waals surface area contributed by atoms with Crippen molar-refractivity contribution in [3.8, 4) is 0 Å². The van der Waals surface area contributed by atoms with Gasteiger partial charge in [0.15, 0.2) is 10.8 Å². The molecule has 3 rings (SSSR count). The summed E-state index contributed by atoms with van der Waals surface area (Å²) < 4.78 is 3.00. The number of hydrogen-bond donors (Lipinski definition) is 0. The first-order valence-electron chi connectivity index (χ1n) is 9.66. The number of carbonyl (C=O) groups is 1. The van der Waals surface area contributed by atoms with Crippen LogP contribution >= 0.6 is 11.3 Å². The van der Waals surface area contributed by atoms with E-state index in [2.05, 4.69) is 42.9 Å². The number of hydrogen-bond acceptors (Lipinski definition) is 5. The fourth-order valence-corrected chi connectivity index (χ4v) is 4.31. The summed E-state index contributed by atoms with van der Waals surface area (Å²) in [4.78, 5) is 22.0. The average Bonchev–Trinajstić information content (AvgIpc) is 3.21. The minimum atomic E-state index is -0.0861. The Morgan fingerprint density at radius 1 is 1.18 bits per heavy atom. The normalized spacial score (nSPS) is 11.7. The number of amides is 1. The number of rotatable bonds is 7. The van der Waals surface area contributed by atoms with Gasteiger partial charge >= 0.3 is 0 Å². The molecule has 0 fully saturated rings. The minimum absolute atomic E-state index is 0.0861. The number of nitrogens with zero attached hydrogens (tertiary/aromatic N) is 5. The Bertz CT molecular complexity index is 972. The molecule has 0 atom stereocenters. The number of carbonyl (C=O) groups excluding carboxylic acids is 1. The van der Waals surface area contributed by atoms with E-state index in [1.807, 2.05) is 37.8 Å². The summed E-state index contributed by atoms with van der Waals surface area (Å²) in [6.07, 6.45) is 0.873. The van der Waals surface area contributed by atoms with Crippen molar-refractivity contribution >= 4 is 32.6 Å². The molecular weight excluding hydrogens is 370 g/mol. The zero-order valence-corrected chi connectivity index (χ0v) is 18.4. The van der Waals surface area contributed by atoms with Gasteiger partial charge in [0.1, 0.15) is 0 Å². The van der Waals surface area contributed by atoms with Gasteiger partial charge in [-0.1, -0.05) is 17.4 Å². The van der Waals surface area contributed by atoms with E-state index in [-0.39, 0.29) is 11.9 Å². The van der Waals surface area contributed by atoms with Crippen LogP contribution in [0.25, 0.3) is 10.2 Å². The lowest BCUT2D eigenvalue weighted by Gasteiger charge is -2.20. The molecule has 1 amide bonds. The molecule has 0 bridgehead atoms. The Hall–Kier alpha value is -2.25. The highest BCUT2D eigenvalue weighted by Gasteiger charge is 2.24. The Balaban J connectivity index is 1.95. The van der Waals surface area contributed by atoms with Crippen molar-refractivity contribution in [2.24, 2.45) is 0 Å². The molecule has 0 spiro atoms. The van der Waals surface area contributed by atoms with E-state index in [0.717, 1.165) is 34.0 Å². The van der Waals surface area contributed by atoms with Gasteiger partial charge in [0.25, 0.3) is 5.91 Å². The van der Waals surface area contributed by atoms with Crippen LogP contribution in [0.3, 0.4) is 0 Å². The summed E-state index contributed by atoms with van der Waals surface area (Å²) >= 11 is 1.56. The first-order chi connectivity index (χ1) is 13.3. The zero-order chi connectivity index (χ0) is 20.4. The van der Waals surface area contributed by atoms with E-state index in [1.165, 1.54) is 5.56 Å². The van der Waals surface area contributed by atoms with E-state index < -0.39 is 0 Å². The number of fused-ring (bicyclic) bond motifs is 1. The second kappa shape index (κ2) is 8.41. The zero-order valence-electron chi connectivity index (χ0n) is 17.6. The van der Waals surface area contributed by atoms with Gasteiger partial charge in [-0.2, -0.15) is 5.10 Å². The van der Waals surface area contributed by atoms with Gasteiger partial charge in [-0.3, -0.25) is 14.4 Å². The molecule has 0 radical (unpaired) electrons. The molecule has 0 aliphatic rings. The highest BCUT2D eigenvalue weighted by atomic mass is 32.1. The molecule has 0 saturated heterocycles. The van der Waals surface area contributed by atoms with Crippen LogP contribution in [0.4, 0.5) is 5.13 Å². The molecule has 0 N–H and O–H groups in total. The number of anilines is 1. The number of benzene rings is 1. The third kappa shape index (κ3) is 4.42. The Morgan fingerprint density at radius 3 is 2.57 bits per heavy atom. The summed E-state index contributed by atoms with van der Waals surface area (Å²) in [6, 6.07) is 8.28. The lowest BCUT2D eigenvalue weighted by atomic mass is 10.2. The highest BCUT2D eigenvalue weighted by molar-refractivity contribution is 7.22. The van der Waals surface area contributed by atoms with Crippen LogP contribution in [0.1, 0.15) is 48.1 Å². The van der Waals surface area contributed by atoms with Crippen LogP contribution in [-0.4, -0.2) is 52.8 Å². The van der Waals surface area contributed by atoms with Crippen molar-refractivity contribution in [2.45, 2.75) is 40.2 Å². The molecule has 6 nitrogen and oxygen atoms in total. The average molecular weight is 400 g/mol. The maximum Gasteiger partial charge on any atom is 0.280 e. The maximum absolute atomic E-state index is 13.4. The Labute approximate surface area is 170 Å². The van der Waals surface area contributed by atoms with Crippen molar-refractivity contribution in [1.29, 1.82) is 0 Å². The second-order valence-electron chi connectivity index (χ2n) is 7.79. The number of aromatic nitrogens is 3. The quantitative estimate of drug-likeness (QED) is 0.595. The molecule has 3 aromatic rings. The molecule has 2 aromatic heterocycles. The Kier molecular flexibility index (Phi) is 6.15. The van der Waals surface area contributed by atoms with Crippen molar-refractivity contribution in [1.82, 2.24) is 19.7 Å². The lowest BCUT2D eigenvalue weighted by Crippen LogP contribution is -2.33. The maximum atomic E-state index is 13.4. The Morgan fingerprint density at radius 2 is 1.93 bits per heavy atom. The summed E-state index contributed by atoms with van der Waals surface area (Å²) in [7, 11) is 4.08. The van der Waals surface area contributed by atoms with Crippen molar-refractivity contribution < 1.29 is 4.79 Å². The molecule has 1 aromatic carbocycles. The van der Waals surface area contributed by atoms with E-state index in [4.69, 9.17) is 4.98 Å². The molecule has 150 valence electrons. The van der Waals surface area contributed by atoms with Crippen LogP contribution < -0.4 is 4.90 Å². The fourth-order valence-electron chi connectivity index (χ4n) is 3.22. The van der Waals surface area contributed by atoms with E-state index >= 15 is 0 Å². The summed E-state index contributed by atoms with van der Waals surface area (Å²) in [5.41, 5.74) is 3.59. The monoisotopic (exact) mass is 399 g/mol. The predicted molar refractivity (Wildman–Crippen MR) is 117 cm³/mol. The molecule has 28 heavy (non-hydrogen) atoms. The van der Waals surface area contributed by atoms with Crippen LogP contribution in [0.5, 0.6) is 0 Å². The van der Waals surface area contributed by atoms with Gasteiger partial charge in [-0.15, -0.1) is 0 Å². The largest absolute Gasteiger partial charge is 0.309 e. The van der Waals surface area contributed by atoms with Crippen molar-refractivity contribution in [3.63, 3.8) is 0 Å². The lowest BCUT2D eigenvalue weighted by molar-refractivity contribution is 0.0980. The summed E-state index contributed by atoms with van der Waals surface area (Å²) in [6.45, 7) is 9.72. The molecule has 2 heterocycles. The third-order valence-electron chi connectivity index (χ3n) is 4.63. The van der Waals surface area contributed by atoms with Crippen LogP contribution in [0.15, 0.2) is 24.3 Å². The smallest absolute Gasteiger partial charge is 0.280 e. The molecule has 7 heteroatoms. The van der Waals surface area contributed by atoms with Gasteiger partial charge in [0.2, 0.25) is 0 Å². The van der Waals surface area contributed by atoms with E-state index in [1.54, 1.807) is 16.2 Å². The van der Waals surface area contributed by atoms with Gasteiger partial charge in [0.05, 0.1) is 10.2 Å². The topological polar surface area (TPSA) is 54.3 Å². The molecule has 0 aliphatic carbocycles. The number of thiazole rings is 1. The van der Waals surface area contributed by atoms with Crippen LogP contribution in [0.2, 0.25) is 0 Å². The van der Waals surface area contributed by atoms with Crippen LogP contribution in [-0.2, 0) is 0 Å². The van der Waals surface area contributed by atoms with Gasteiger partial charge < -0.3 is 4.90 Å². The van der Waals surface area contributed by atoms with E-state index in [9.17, 15) is 4.79 Å². The minimum Gasteiger partial charge on any atom is -0.309 e. The van der Waals surface area contributed by atoms with E-state index in [0.29, 0.717) is 12.2 Å². The predicted octanol–water partition coefficient (Wildman–Crippen LogP) is 4.29. The second-order valence-corrected chi connectivity index (χ2v) is 8.80. The molecule has 0 aliphatic heterocycles. The van der Waals surface area contributed by atoms with Crippen molar-refractivity contribution in [3.05, 3.63) is 41.2 Å². The standard InChI is InChI=1S/C21H29N5OS/c1-14(2)26-16(4)13-18(23-26)20(27)25(11-7-10-24(5)6)21-22-17-9-8-15(3)12-19(17)28-21/h8-9,12-14H,7,10-11H2,1-6H3. The fraction of sp³-hybridized carbons (Fsp3) is 0.476. The number of aryl methyl sites for hydroxylation is 2. The highest BCUT2D eigenvalue weighted by Crippen LogP contribution is 2.30. The third-order valence-corrected chi connectivity index (χ3v) is 5.67. The van der Waals surface area contributed by atoms with Crippen molar-refractivity contribution in [2.75, 3.05) is 32.1 Å². The van der Waals surface area contributed by atoms with Gasteiger partial charge in [-0.05, 0) is 78.5 Å². The van der Waals surface area contributed by atoms with Gasteiger partial charge in [-0.25, -0.2) is 4.98 Å². The first-order valence-corrected chi connectivity index (χ1v) is 10.5. The van der Waals surface area contributed by atoms with Gasteiger partial charge in [0, 0.05) is 18.3 Å².